The van der Waals surface area contributed by atoms with Crippen LogP contribution in [0.1, 0.15) is 175 Å². The molecule has 78 heavy (non-hydrogen) atoms. The number of carbonyl (C=O) groups is 1. The SMILES string of the molecule is C1=CCNCC1.C1=CNCCC1.C1=CNCCCC1.C1=COCCN1.C1=CSCCN1.CB(O)N1CCC2(CCNCC2)CC1.CC.CC.CC.CC.CC.CC.CC.CC.FC1(F)OC=COC1(F)F.O=C1CSC=CN1. The van der Waals surface area contributed by atoms with Crippen molar-refractivity contribution in [1.29, 1.82) is 0 Å². The third-order valence-corrected chi connectivity index (χ3v) is 11.3. The molecule has 0 aromatic carbocycles. The highest BCUT2D eigenvalue weighted by Gasteiger charge is 2.63. The molecule has 0 atom stereocenters. The van der Waals surface area contributed by atoms with Crippen molar-refractivity contribution in [2.45, 2.75) is 194 Å². The lowest BCUT2D eigenvalue weighted by molar-refractivity contribution is -0.417. The van der Waals surface area contributed by atoms with Crippen LogP contribution in [-0.4, -0.2) is 119 Å². The third kappa shape index (κ3) is 58.7. The molecule has 9 heterocycles. The van der Waals surface area contributed by atoms with Crippen LogP contribution in [0.4, 0.5) is 17.6 Å². The number of hydrogen-bond donors (Lipinski definition) is 8. The number of allylic oxidation sites excluding steroid dienone is 2. The summed E-state index contributed by atoms with van der Waals surface area (Å²) < 4.78 is 58.7. The second kappa shape index (κ2) is 73.6. The molecule has 8 N–H and O–H groups in total. The summed E-state index contributed by atoms with van der Waals surface area (Å²) >= 11 is 3.36. The van der Waals surface area contributed by atoms with E-state index in [0.717, 1.165) is 59.0 Å². The van der Waals surface area contributed by atoms with Gasteiger partial charge in [-0.05, 0) is 132 Å². The second-order valence-corrected chi connectivity index (χ2v) is 16.6. The van der Waals surface area contributed by atoms with E-state index in [0.29, 0.717) is 23.7 Å². The molecule has 9 aliphatic rings. The number of nitrogens with zero attached hydrogens (tertiary/aromatic N) is 1. The molecule has 9 aliphatic heterocycles. The maximum absolute atomic E-state index is 11.8. The van der Waals surface area contributed by atoms with Crippen LogP contribution in [0.2, 0.25) is 6.82 Å². The molecule has 0 bridgehead atoms. The Bertz CT molecular complexity index is 1240. The van der Waals surface area contributed by atoms with Gasteiger partial charge in [-0.1, -0.05) is 135 Å². The van der Waals surface area contributed by atoms with E-state index in [4.69, 9.17) is 4.74 Å². The van der Waals surface area contributed by atoms with Gasteiger partial charge in [0.1, 0.15) is 19.1 Å². The van der Waals surface area contributed by atoms with Crippen LogP contribution < -0.4 is 37.2 Å². The smallest absolute Gasteiger partial charge is 0.498 e. The summed E-state index contributed by atoms with van der Waals surface area (Å²) in [6.45, 7) is 45.8. The molecular formula is C58H119BF4N8O5S2. The molecule has 9 rings (SSSR count). The van der Waals surface area contributed by atoms with Crippen LogP contribution in [0.5, 0.6) is 0 Å². The van der Waals surface area contributed by atoms with E-state index >= 15 is 0 Å². The first-order chi connectivity index (χ1) is 38.1. The lowest BCUT2D eigenvalue weighted by atomic mass is 9.69. The van der Waals surface area contributed by atoms with Crippen LogP contribution in [-0.2, 0) is 19.0 Å². The number of piperidine rings is 2. The lowest BCUT2D eigenvalue weighted by Gasteiger charge is -2.44. The van der Waals surface area contributed by atoms with Gasteiger partial charge in [-0.25, -0.2) is 0 Å². The van der Waals surface area contributed by atoms with E-state index in [-0.39, 0.29) is 13.0 Å². The first-order valence-corrected chi connectivity index (χ1v) is 31.7. The molecule has 1 spiro atoms. The largest absolute Gasteiger partial charge is 0.507 e. The number of halogens is 4. The standard InChI is InChI=1S/C10H21BN2O.C6H11N.2C5H9N.C4H2F4O2.C4H5NOS.C4H7NO.C4H7NS.8C2H6/c1-11(14)13-8-4-10(5-9-13)2-6-12-7-3-10;1-2-4-6-7-5-3-1;2*1-2-4-6-5-3-1;5-3(6)4(7,8)10-2-1-9-3;6-4-3-7-2-1-5-4;2*1-3-6-4-2-5-1;8*1-2/h12,14H,2-9H2,1H3;3,5,7H,1-2,4,6H2;2,4,6H,1,3,5H2;1-2,6H,3-5H2;1-2H;1-2H,3H2,(H,5,6);2*1,3,5H,2,4H2;8*1-2H3. The minimum atomic E-state index is -4.57. The van der Waals surface area contributed by atoms with E-state index < -0.39 is 12.2 Å². The summed E-state index contributed by atoms with van der Waals surface area (Å²) in [6.07, 6.45) is 24.4. The Kier molecular flexibility index (Phi) is 83.4. The molecule has 1 amide bonds. The number of ether oxygens (including phenoxy) is 3. The Morgan fingerprint density at radius 3 is 1.32 bits per heavy atom. The molecule has 2 fully saturated rings. The van der Waals surface area contributed by atoms with E-state index in [1.807, 2.05) is 153 Å². The fourth-order valence-corrected chi connectivity index (χ4v) is 7.21. The summed E-state index contributed by atoms with van der Waals surface area (Å²) in [5.41, 5.74) is 0.608. The van der Waals surface area contributed by atoms with Crippen LogP contribution >= 0.6 is 23.5 Å². The van der Waals surface area contributed by atoms with Crippen molar-refractivity contribution in [2.75, 3.05) is 83.6 Å². The predicted octanol–water partition coefficient (Wildman–Crippen LogP) is 14.3. The van der Waals surface area contributed by atoms with Crippen molar-refractivity contribution in [3.63, 3.8) is 0 Å². The van der Waals surface area contributed by atoms with Crippen molar-refractivity contribution in [3.05, 3.63) is 84.9 Å². The highest BCUT2D eigenvalue weighted by atomic mass is 32.2. The lowest BCUT2D eigenvalue weighted by Crippen LogP contribution is -2.49. The third-order valence-electron chi connectivity index (χ3n) is 9.82. The van der Waals surface area contributed by atoms with Crippen LogP contribution in [0, 0.1) is 5.41 Å². The summed E-state index contributed by atoms with van der Waals surface area (Å²) in [5.74, 6) is 1.88. The van der Waals surface area contributed by atoms with Gasteiger partial charge >= 0.3 is 19.3 Å². The normalized spacial score (nSPS) is 18.8. The van der Waals surface area contributed by atoms with Crippen LogP contribution in [0.25, 0.3) is 0 Å². The molecule has 0 aliphatic carbocycles. The number of rotatable bonds is 1. The molecule has 0 unspecified atom stereocenters. The fourth-order valence-electron chi connectivity index (χ4n) is 6.15. The first kappa shape index (κ1) is 88.4. The van der Waals surface area contributed by atoms with Crippen LogP contribution in [0.15, 0.2) is 84.9 Å². The monoisotopic (exact) mass is 1160 g/mol. The number of nitrogens with one attached hydrogen (secondary N) is 7. The number of alkyl halides is 4. The van der Waals surface area contributed by atoms with Crippen molar-refractivity contribution >= 4 is 36.5 Å². The zero-order chi connectivity index (χ0) is 60.9. The Balaban J connectivity index is -0.000000144. The van der Waals surface area contributed by atoms with Gasteiger partial charge in [0.2, 0.25) is 5.91 Å². The highest BCUT2D eigenvalue weighted by molar-refractivity contribution is 8.02. The van der Waals surface area contributed by atoms with E-state index in [2.05, 4.69) is 81.2 Å². The van der Waals surface area contributed by atoms with Gasteiger partial charge in [-0.2, -0.15) is 17.6 Å². The zero-order valence-electron chi connectivity index (χ0n) is 52.3. The molecule has 0 aromatic heterocycles. The fraction of sp³-hybridized carbons (Fsp3) is 0.741. The average Bonchev–Trinajstić information content (AvgIpc) is 3.87. The summed E-state index contributed by atoms with van der Waals surface area (Å²) in [6, 6.07) is 0. The van der Waals surface area contributed by atoms with Gasteiger partial charge in [-0.15, -0.1) is 23.5 Å². The Labute approximate surface area is 485 Å². The van der Waals surface area contributed by atoms with E-state index in [9.17, 15) is 27.4 Å². The van der Waals surface area contributed by atoms with Gasteiger partial charge in [0.15, 0.2) is 0 Å². The van der Waals surface area contributed by atoms with Crippen molar-refractivity contribution in [3.8, 4) is 0 Å². The molecule has 0 saturated carbocycles. The Morgan fingerprint density at radius 1 is 0.538 bits per heavy atom. The average molecular weight is 1160 g/mol. The van der Waals surface area contributed by atoms with Crippen molar-refractivity contribution in [2.24, 2.45) is 5.41 Å². The zero-order valence-corrected chi connectivity index (χ0v) is 53.9. The van der Waals surface area contributed by atoms with Gasteiger partial charge in [0, 0.05) is 57.1 Å². The maximum Gasteiger partial charge on any atom is 0.507 e. The molecule has 0 radical (unpaired) electrons. The van der Waals surface area contributed by atoms with Gasteiger partial charge in [0.25, 0.3) is 0 Å². The first-order valence-electron chi connectivity index (χ1n) is 29.6. The molecule has 2 saturated heterocycles. The van der Waals surface area contributed by atoms with Gasteiger partial charge in [0.05, 0.1) is 12.0 Å². The quantitative estimate of drug-likeness (QED) is 0.0714. The Morgan fingerprint density at radius 2 is 1.05 bits per heavy atom. The topological polar surface area (TPSA) is 152 Å². The second-order valence-electron chi connectivity index (χ2n) is 14.7. The minimum Gasteiger partial charge on any atom is -0.498 e. The van der Waals surface area contributed by atoms with Gasteiger partial charge < -0.3 is 61.3 Å². The highest BCUT2D eigenvalue weighted by Crippen LogP contribution is 2.40. The molecular weight excluding hydrogens is 1040 g/mol. The number of amides is 1. The Hall–Kier alpha value is -3.43. The molecule has 20 heteroatoms. The number of thioether (sulfide) groups is 2. The van der Waals surface area contributed by atoms with Crippen LogP contribution in [0.3, 0.4) is 0 Å². The summed E-state index contributed by atoms with van der Waals surface area (Å²) in [5, 5.41) is 34.9. The van der Waals surface area contributed by atoms with Gasteiger partial charge in [-0.3, -0.25) is 4.79 Å². The van der Waals surface area contributed by atoms with E-state index in [1.54, 1.807) is 18.7 Å². The minimum absolute atomic E-state index is 0.0903. The number of carbonyl (C=O) groups excluding carboxylic acids is 1. The maximum atomic E-state index is 11.8. The summed E-state index contributed by atoms with van der Waals surface area (Å²) in [7, 11) is -0.255. The van der Waals surface area contributed by atoms with Crippen molar-refractivity contribution < 1.29 is 41.6 Å². The summed E-state index contributed by atoms with van der Waals surface area (Å²) in [4.78, 5) is 12.5. The van der Waals surface area contributed by atoms with E-state index in [1.165, 1.54) is 94.8 Å². The molecule has 464 valence electrons. The number of hydrogen-bond acceptors (Lipinski definition) is 14. The predicted molar refractivity (Wildman–Crippen MR) is 338 cm³/mol. The molecule has 0 aromatic rings. The van der Waals surface area contributed by atoms with Crippen molar-refractivity contribution in [1.82, 2.24) is 42.0 Å². The molecule has 13 nitrogen and oxygen atoms in total.